The Morgan fingerprint density at radius 1 is 1.09 bits per heavy atom. The second-order valence-corrected chi connectivity index (χ2v) is 8.21. The fourth-order valence-corrected chi connectivity index (χ4v) is 4.35. The quantitative estimate of drug-likeness (QED) is 0.322. The number of rotatable bonds is 7. The molecule has 3 heterocycles. The highest BCUT2D eigenvalue weighted by Crippen LogP contribution is 2.43. The molecule has 1 amide bonds. The molecule has 10 heteroatoms. The molecule has 2 aromatic heterocycles. The van der Waals surface area contributed by atoms with Crippen LogP contribution in [0.15, 0.2) is 67.3 Å². The van der Waals surface area contributed by atoms with Crippen LogP contribution >= 0.6 is 11.6 Å². The van der Waals surface area contributed by atoms with Gasteiger partial charge in [0.2, 0.25) is 0 Å². The van der Waals surface area contributed by atoms with Gasteiger partial charge in [0.25, 0.3) is 11.6 Å². The first-order valence-corrected chi connectivity index (χ1v) is 10.8. The molecule has 1 aliphatic heterocycles. The third-order valence-corrected chi connectivity index (χ3v) is 6.03. The van der Waals surface area contributed by atoms with Crippen LogP contribution in [0.1, 0.15) is 34.1 Å². The topological polar surface area (TPSA) is 110 Å². The zero-order valence-corrected chi connectivity index (χ0v) is 18.1. The van der Waals surface area contributed by atoms with Gasteiger partial charge in [-0.1, -0.05) is 23.7 Å². The number of nitrogens with zero attached hydrogens (tertiary/aromatic N) is 5. The number of halogens is 1. The molecule has 0 bridgehead atoms. The predicted molar refractivity (Wildman–Crippen MR) is 122 cm³/mol. The number of aryl methyl sites for hydroxylation is 1. The van der Waals surface area contributed by atoms with Crippen LogP contribution in [0.2, 0.25) is 5.02 Å². The Labute approximate surface area is 193 Å². The van der Waals surface area contributed by atoms with E-state index in [1.54, 1.807) is 41.7 Å². The number of carbonyl (C=O) groups excluding carboxylic acids is 1. The van der Waals surface area contributed by atoms with Gasteiger partial charge in [-0.3, -0.25) is 20.0 Å². The van der Waals surface area contributed by atoms with Crippen LogP contribution in [0.25, 0.3) is 11.3 Å². The van der Waals surface area contributed by atoms with Gasteiger partial charge in [0.05, 0.1) is 23.0 Å². The SMILES string of the molecule is O=C1c2[nH]nc(-c3ccc(Cl)cc3)c2C(c2ccc([N+](=O)[O-])cc2)N1CCCn1ccnc1. The molecule has 0 spiro atoms. The number of fused-ring (bicyclic) bond motifs is 1. The van der Waals surface area contributed by atoms with Gasteiger partial charge in [-0.25, -0.2) is 4.98 Å². The van der Waals surface area contributed by atoms with Crippen molar-refractivity contribution in [1.29, 1.82) is 0 Å². The number of hydrogen-bond acceptors (Lipinski definition) is 5. The molecule has 0 saturated carbocycles. The Hall–Kier alpha value is -3.98. The number of carbonyl (C=O) groups is 1. The Kier molecular flexibility index (Phi) is 5.39. The molecule has 0 radical (unpaired) electrons. The molecule has 0 aliphatic carbocycles. The van der Waals surface area contributed by atoms with Gasteiger partial charge in [-0.05, 0) is 36.2 Å². The lowest BCUT2D eigenvalue weighted by molar-refractivity contribution is -0.384. The number of H-pyrrole nitrogens is 1. The van der Waals surface area contributed by atoms with E-state index in [1.165, 1.54) is 12.1 Å². The fourth-order valence-electron chi connectivity index (χ4n) is 4.22. The van der Waals surface area contributed by atoms with Gasteiger partial charge >= 0.3 is 0 Å². The first-order valence-electron chi connectivity index (χ1n) is 10.4. The minimum Gasteiger partial charge on any atom is -0.337 e. The van der Waals surface area contributed by atoms with Crippen LogP contribution in [0.3, 0.4) is 0 Å². The molecule has 33 heavy (non-hydrogen) atoms. The van der Waals surface area contributed by atoms with Crippen LogP contribution in [-0.2, 0) is 6.54 Å². The zero-order chi connectivity index (χ0) is 22.9. The molecule has 1 aliphatic rings. The molecule has 1 unspecified atom stereocenters. The predicted octanol–water partition coefficient (Wildman–Crippen LogP) is 4.47. The lowest BCUT2D eigenvalue weighted by atomic mass is 9.96. The van der Waals surface area contributed by atoms with Gasteiger partial charge in [0, 0.05) is 53.8 Å². The fraction of sp³-hybridized carbons (Fsp3) is 0.174. The highest BCUT2D eigenvalue weighted by molar-refractivity contribution is 6.30. The summed E-state index contributed by atoms with van der Waals surface area (Å²) in [6.07, 6.45) is 6.06. The van der Waals surface area contributed by atoms with Crippen molar-refractivity contribution in [2.45, 2.75) is 19.0 Å². The van der Waals surface area contributed by atoms with E-state index in [2.05, 4.69) is 15.2 Å². The second kappa shape index (κ2) is 8.51. The number of nitro groups is 1. The van der Waals surface area contributed by atoms with Crippen molar-refractivity contribution in [3.63, 3.8) is 0 Å². The van der Waals surface area contributed by atoms with E-state index in [1.807, 2.05) is 22.9 Å². The minimum absolute atomic E-state index is 0.0000676. The monoisotopic (exact) mass is 462 g/mol. The summed E-state index contributed by atoms with van der Waals surface area (Å²) in [5.74, 6) is -0.147. The standard InChI is InChI=1S/C23H19ClN6O3/c24-17-6-2-15(3-7-17)20-19-21(27-26-20)23(31)29(12-1-11-28-13-10-25-14-28)22(19)16-4-8-18(9-5-16)30(32)33/h2-10,13-14,22H,1,11-12H2,(H,26,27). The van der Waals surface area contributed by atoms with E-state index >= 15 is 0 Å². The van der Waals surface area contributed by atoms with Crippen molar-refractivity contribution in [1.82, 2.24) is 24.6 Å². The first kappa shape index (κ1) is 20.9. The maximum Gasteiger partial charge on any atom is 0.273 e. The van der Waals surface area contributed by atoms with Gasteiger partial charge in [0.15, 0.2) is 0 Å². The van der Waals surface area contributed by atoms with E-state index in [0.29, 0.717) is 29.5 Å². The molecule has 0 saturated heterocycles. The van der Waals surface area contributed by atoms with Crippen molar-refractivity contribution in [3.05, 3.63) is 99.2 Å². The number of benzene rings is 2. The van der Waals surface area contributed by atoms with Crippen LogP contribution < -0.4 is 0 Å². The lowest BCUT2D eigenvalue weighted by Gasteiger charge is -2.26. The number of nitrogens with one attached hydrogen (secondary N) is 1. The average Bonchev–Trinajstić information content (AvgIpc) is 3.54. The third kappa shape index (κ3) is 3.87. The molecule has 9 nitrogen and oxygen atoms in total. The van der Waals surface area contributed by atoms with Gasteiger partial charge in [0.1, 0.15) is 5.69 Å². The third-order valence-electron chi connectivity index (χ3n) is 5.78. The smallest absolute Gasteiger partial charge is 0.273 e. The summed E-state index contributed by atoms with van der Waals surface area (Å²) in [4.78, 5) is 29.9. The highest BCUT2D eigenvalue weighted by Gasteiger charge is 2.42. The van der Waals surface area contributed by atoms with Crippen molar-refractivity contribution in [2.24, 2.45) is 0 Å². The zero-order valence-electron chi connectivity index (χ0n) is 17.4. The molecule has 166 valence electrons. The molecule has 0 fully saturated rings. The summed E-state index contributed by atoms with van der Waals surface area (Å²) in [5.41, 5.74) is 3.48. The number of aromatic nitrogens is 4. The van der Waals surface area contributed by atoms with Crippen molar-refractivity contribution < 1.29 is 9.72 Å². The van der Waals surface area contributed by atoms with E-state index in [9.17, 15) is 14.9 Å². The minimum atomic E-state index is -0.436. The number of aromatic amines is 1. The van der Waals surface area contributed by atoms with Crippen LogP contribution in [0.5, 0.6) is 0 Å². The number of non-ortho nitro benzene ring substituents is 1. The molecule has 5 rings (SSSR count). The van der Waals surface area contributed by atoms with Gasteiger partial charge < -0.3 is 9.47 Å². The molecular weight excluding hydrogens is 444 g/mol. The Balaban J connectivity index is 1.53. The maximum absolute atomic E-state index is 13.4. The number of nitro benzene ring substituents is 1. The van der Waals surface area contributed by atoms with Crippen molar-refractivity contribution >= 4 is 23.2 Å². The first-order chi connectivity index (χ1) is 16.0. The van der Waals surface area contributed by atoms with E-state index in [-0.39, 0.29) is 11.6 Å². The van der Waals surface area contributed by atoms with E-state index in [0.717, 1.165) is 23.1 Å². The number of hydrogen-bond donors (Lipinski definition) is 1. The molecule has 1 atom stereocenters. The van der Waals surface area contributed by atoms with Crippen LogP contribution in [0.4, 0.5) is 5.69 Å². The van der Waals surface area contributed by atoms with Crippen molar-refractivity contribution in [3.8, 4) is 11.3 Å². The molecule has 4 aromatic rings. The van der Waals surface area contributed by atoms with E-state index < -0.39 is 11.0 Å². The summed E-state index contributed by atoms with van der Waals surface area (Å²) >= 11 is 6.05. The second-order valence-electron chi connectivity index (χ2n) is 7.77. The van der Waals surface area contributed by atoms with Gasteiger partial charge in [-0.2, -0.15) is 5.10 Å². The molecule has 1 N–H and O–H groups in total. The Morgan fingerprint density at radius 3 is 2.52 bits per heavy atom. The highest BCUT2D eigenvalue weighted by atomic mass is 35.5. The summed E-state index contributed by atoms with van der Waals surface area (Å²) in [6, 6.07) is 13.2. The Bertz CT molecular complexity index is 1300. The van der Waals surface area contributed by atoms with Crippen LogP contribution in [-0.4, -0.2) is 42.0 Å². The van der Waals surface area contributed by atoms with E-state index in [4.69, 9.17) is 11.6 Å². The molecule has 2 aromatic carbocycles. The number of imidazole rings is 1. The average molecular weight is 463 g/mol. The summed E-state index contributed by atoms with van der Waals surface area (Å²) < 4.78 is 1.96. The molecular formula is C23H19ClN6O3. The summed E-state index contributed by atoms with van der Waals surface area (Å²) in [6.45, 7) is 1.22. The summed E-state index contributed by atoms with van der Waals surface area (Å²) in [5, 5.41) is 19.1. The lowest BCUT2D eigenvalue weighted by Crippen LogP contribution is -2.31. The van der Waals surface area contributed by atoms with Gasteiger partial charge in [-0.15, -0.1) is 0 Å². The normalized spacial score (nSPS) is 15.1. The maximum atomic E-state index is 13.4. The van der Waals surface area contributed by atoms with Crippen molar-refractivity contribution in [2.75, 3.05) is 6.54 Å². The summed E-state index contributed by atoms with van der Waals surface area (Å²) in [7, 11) is 0. The Morgan fingerprint density at radius 2 is 1.85 bits per heavy atom. The largest absolute Gasteiger partial charge is 0.337 e. The number of amides is 1. The van der Waals surface area contributed by atoms with Crippen LogP contribution in [0, 0.1) is 10.1 Å².